The molecular weight excluding hydrogens is 268 g/mol. The molecule has 116 valence electrons. The van der Waals surface area contributed by atoms with Crippen molar-refractivity contribution in [1.29, 1.82) is 0 Å². The molecule has 1 heterocycles. The van der Waals surface area contributed by atoms with E-state index in [1.807, 2.05) is 30.1 Å². The summed E-state index contributed by atoms with van der Waals surface area (Å²) < 4.78 is 11.1. The summed E-state index contributed by atoms with van der Waals surface area (Å²) >= 11 is 0. The highest BCUT2D eigenvalue weighted by atomic mass is 16.5. The van der Waals surface area contributed by atoms with Gasteiger partial charge in [-0.2, -0.15) is 0 Å². The summed E-state index contributed by atoms with van der Waals surface area (Å²) in [6.45, 7) is 2.43. The second-order valence-electron chi connectivity index (χ2n) is 5.21. The third-order valence-corrected chi connectivity index (χ3v) is 3.70. The Hall–Kier alpha value is -1.75. The van der Waals surface area contributed by atoms with Crippen LogP contribution in [0.3, 0.4) is 0 Å². The number of para-hydroxylation sites is 1. The zero-order valence-corrected chi connectivity index (χ0v) is 12.9. The molecule has 0 aliphatic carbocycles. The minimum Gasteiger partial charge on any atom is -0.493 e. The van der Waals surface area contributed by atoms with Crippen LogP contribution in [0.4, 0.5) is 0 Å². The van der Waals surface area contributed by atoms with Gasteiger partial charge < -0.3 is 19.7 Å². The molecule has 21 heavy (non-hydrogen) atoms. The lowest BCUT2D eigenvalue weighted by molar-refractivity contribution is -0.134. The number of likely N-dealkylation sites (tertiary alicyclic amines) is 1. The number of nitrogens with one attached hydrogen (secondary N) is 1. The van der Waals surface area contributed by atoms with Crippen LogP contribution >= 0.6 is 0 Å². The molecule has 2 rings (SSSR count). The molecule has 1 aliphatic heterocycles. The van der Waals surface area contributed by atoms with Gasteiger partial charge in [-0.25, -0.2) is 0 Å². The van der Waals surface area contributed by atoms with E-state index in [4.69, 9.17) is 9.47 Å². The first kappa shape index (κ1) is 15.6. The van der Waals surface area contributed by atoms with Gasteiger partial charge in [-0.05, 0) is 32.4 Å². The highest BCUT2D eigenvalue weighted by Crippen LogP contribution is 2.31. The Morgan fingerprint density at radius 1 is 1.29 bits per heavy atom. The second kappa shape index (κ2) is 7.88. The van der Waals surface area contributed by atoms with Gasteiger partial charge in [0.15, 0.2) is 18.1 Å². The molecule has 0 radical (unpaired) electrons. The lowest BCUT2D eigenvalue weighted by Crippen LogP contribution is -2.38. The molecule has 5 heteroatoms. The van der Waals surface area contributed by atoms with Crippen LogP contribution in [-0.4, -0.2) is 44.7 Å². The Balaban J connectivity index is 2.02. The molecule has 0 atom stereocenters. The minimum absolute atomic E-state index is 0.0519. The van der Waals surface area contributed by atoms with Crippen molar-refractivity contribution >= 4 is 5.91 Å². The Kier molecular flexibility index (Phi) is 5.87. The van der Waals surface area contributed by atoms with E-state index in [0.29, 0.717) is 18.0 Å². The van der Waals surface area contributed by atoms with E-state index < -0.39 is 0 Å². The number of carbonyl (C=O) groups excluding carboxylic acids is 1. The first-order chi connectivity index (χ1) is 10.3. The van der Waals surface area contributed by atoms with Crippen molar-refractivity contribution in [2.75, 3.05) is 33.9 Å². The van der Waals surface area contributed by atoms with Crippen molar-refractivity contribution in [1.82, 2.24) is 10.2 Å². The predicted molar refractivity (Wildman–Crippen MR) is 81.7 cm³/mol. The topological polar surface area (TPSA) is 50.8 Å². The predicted octanol–water partition coefficient (Wildman–Crippen LogP) is 1.81. The fourth-order valence-electron chi connectivity index (χ4n) is 2.58. The summed E-state index contributed by atoms with van der Waals surface area (Å²) in [5, 5.41) is 3.10. The van der Waals surface area contributed by atoms with Gasteiger partial charge >= 0.3 is 0 Å². The number of carbonyl (C=O) groups is 1. The zero-order chi connectivity index (χ0) is 15.1. The average molecular weight is 292 g/mol. The molecule has 0 bridgehead atoms. The summed E-state index contributed by atoms with van der Waals surface area (Å²) in [5.74, 6) is 1.37. The molecule has 0 aromatic heterocycles. The van der Waals surface area contributed by atoms with Gasteiger partial charge in [-0.15, -0.1) is 0 Å². The van der Waals surface area contributed by atoms with Crippen molar-refractivity contribution < 1.29 is 14.3 Å². The van der Waals surface area contributed by atoms with Crippen LogP contribution in [-0.2, 0) is 11.3 Å². The molecular formula is C16H24N2O3. The van der Waals surface area contributed by atoms with Crippen molar-refractivity contribution in [3.63, 3.8) is 0 Å². The van der Waals surface area contributed by atoms with Crippen LogP contribution in [0.2, 0.25) is 0 Å². The number of methoxy groups -OCH3 is 1. The largest absolute Gasteiger partial charge is 0.493 e. The van der Waals surface area contributed by atoms with Crippen LogP contribution < -0.4 is 14.8 Å². The molecule has 1 aromatic rings. The normalized spacial score (nSPS) is 14.9. The standard InChI is InChI=1S/C16H24N2O3/c1-17-11-13-7-6-8-14(20-2)16(13)21-12-15(19)18-9-4-3-5-10-18/h6-8,17H,3-5,9-12H2,1-2H3. The van der Waals surface area contributed by atoms with E-state index in [-0.39, 0.29) is 12.5 Å². The van der Waals surface area contributed by atoms with Crippen LogP contribution in [0.15, 0.2) is 18.2 Å². The quantitative estimate of drug-likeness (QED) is 0.869. The summed E-state index contributed by atoms with van der Waals surface area (Å²) in [6.07, 6.45) is 3.39. The Bertz CT molecular complexity index is 471. The number of piperidine rings is 1. The molecule has 0 saturated carbocycles. The van der Waals surface area contributed by atoms with Gasteiger partial charge in [0.25, 0.3) is 5.91 Å². The summed E-state index contributed by atoms with van der Waals surface area (Å²) in [6, 6.07) is 5.74. The number of rotatable bonds is 6. The number of nitrogens with zero attached hydrogens (tertiary/aromatic N) is 1. The number of ether oxygens (including phenoxy) is 2. The third-order valence-electron chi connectivity index (χ3n) is 3.70. The van der Waals surface area contributed by atoms with E-state index in [1.165, 1.54) is 6.42 Å². The van der Waals surface area contributed by atoms with E-state index >= 15 is 0 Å². The maximum Gasteiger partial charge on any atom is 0.260 e. The molecule has 1 N–H and O–H groups in total. The highest BCUT2D eigenvalue weighted by molar-refractivity contribution is 5.78. The maximum atomic E-state index is 12.2. The maximum absolute atomic E-state index is 12.2. The SMILES string of the molecule is CNCc1cccc(OC)c1OCC(=O)N1CCCCC1. The molecule has 0 spiro atoms. The van der Waals surface area contributed by atoms with Gasteiger partial charge in [-0.3, -0.25) is 4.79 Å². The smallest absolute Gasteiger partial charge is 0.260 e. The summed E-state index contributed by atoms with van der Waals surface area (Å²) in [5.41, 5.74) is 0.989. The molecule has 1 aromatic carbocycles. The molecule has 1 fully saturated rings. The highest BCUT2D eigenvalue weighted by Gasteiger charge is 2.18. The summed E-state index contributed by atoms with van der Waals surface area (Å²) in [7, 11) is 3.49. The molecule has 1 aliphatic rings. The zero-order valence-electron chi connectivity index (χ0n) is 12.9. The van der Waals surface area contributed by atoms with Crippen LogP contribution in [0.25, 0.3) is 0 Å². The van der Waals surface area contributed by atoms with E-state index in [2.05, 4.69) is 5.32 Å². The summed E-state index contributed by atoms with van der Waals surface area (Å²) in [4.78, 5) is 14.1. The number of benzene rings is 1. The van der Waals surface area contributed by atoms with Crippen LogP contribution in [0, 0.1) is 0 Å². The molecule has 1 amide bonds. The lowest BCUT2D eigenvalue weighted by Gasteiger charge is -2.27. The second-order valence-corrected chi connectivity index (χ2v) is 5.21. The van der Waals surface area contributed by atoms with Crippen LogP contribution in [0.1, 0.15) is 24.8 Å². The number of amides is 1. The fraction of sp³-hybridized carbons (Fsp3) is 0.562. The van der Waals surface area contributed by atoms with Crippen molar-refractivity contribution in [3.05, 3.63) is 23.8 Å². The van der Waals surface area contributed by atoms with Gasteiger partial charge in [0.05, 0.1) is 7.11 Å². The molecule has 1 saturated heterocycles. The average Bonchev–Trinajstić information content (AvgIpc) is 2.54. The Morgan fingerprint density at radius 2 is 2.05 bits per heavy atom. The van der Waals surface area contributed by atoms with Crippen molar-refractivity contribution in [2.24, 2.45) is 0 Å². The van der Waals surface area contributed by atoms with Gasteiger partial charge in [0.1, 0.15) is 0 Å². The van der Waals surface area contributed by atoms with Crippen molar-refractivity contribution in [3.8, 4) is 11.5 Å². The van der Waals surface area contributed by atoms with E-state index in [1.54, 1.807) is 7.11 Å². The lowest BCUT2D eigenvalue weighted by atomic mass is 10.1. The molecule has 0 unspecified atom stereocenters. The number of hydrogen-bond acceptors (Lipinski definition) is 4. The van der Waals surface area contributed by atoms with Crippen LogP contribution in [0.5, 0.6) is 11.5 Å². The van der Waals surface area contributed by atoms with E-state index in [9.17, 15) is 4.79 Å². The fourth-order valence-corrected chi connectivity index (χ4v) is 2.58. The van der Waals surface area contributed by atoms with Gasteiger partial charge in [-0.1, -0.05) is 12.1 Å². The first-order valence-corrected chi connectivity index (χ1v) is 7.47. The van der Waals surface area contributed by atoms with Gasteiger partial charge in [0.2, 0.25) is 0 Å². The number of hydrogen-bond donors (Lipinski definition) is 1. The minimum atomic E-state index is 0.0519. The molecule has 5 nitrogen and oxygen atoms in total. The van der Waals surface area contributed by atoms with E-state index in [0.717, 1.165) is 31.5 Å². The third kappa shape index (κ3) is 4.11. The first-order valence-electron chi connectivity index (χ1n) is 7.47. The Morgan fingerprint density at radius 3 is 2.71 bits per heavy atom. The Labute approximate surface area is 126 Å². The monoisotopic (exact) mass is 292 g/mol. The van der Waals surface area contributed by atoms with Crippen molar-refractivity contribution in [2.45, 2.75) is 25.8 Å². The van der Waals surface area contributed by atoms with Gasteiger partial charge in [0, 0.05) is 25.2 Å².